The molecule has 0 radical (unpaired) electrons. The molecule has 2 fully saturated rings. The molecule has 23 heavy (non-hydrogen) atoms. The van der Waals surface area contributed by atoms with E-state index in [1.807, 2.05) is 0 Å². The normalized spacial score (nSPS) is 51.1. The molecule has 0 aliphatic carbocycles. The second kappa shape index (κ2) is 8.18. The van der Waals surface area contributed by atoms with Crippen molar-refractivity contribution in [1.82, 2.24) is 0 Å². The average Bonchev–Trinajstić information content (AvgIpc) is 2.80. The molecule has 2 rings (SSSR count). The third-order valence-electron chi connectivity index (χ3n) is 3.91. The van der Waals surface area contributed by atoms with E-state index < -0.39 is 59.4 Å². The van der Waals surface area contributed by atoms with Crippen LogP contribution < -0.4 is 0 Å². The van der Waals surface area contributed by atoms with Crippen LogP contribution >= 0.6 is 50.7 Å². The molecule has 7 nitrogen and oxygen atoms in total. The maximum Gasteiger partial charge on any atom is 0.212 e. The standard InChI is InChI=1S/C12H18BrCl3O7/c13-6-4(1-14)22-12(3-15,10(6)20)23-11-9(19)8(18)7(16)5(2-17)21-11/h4-11,17-20H,1-3H2/t4-,5-,6-,7+,8+,9-,10+,11-,12-/m1/s1. The first-order valence-corrected chi connectivity index (χ1v) is 9.29. The van der Waals surface area contributed by atoms with Crippen LogP contribution in [0.2, 0.25) is 0 Å². The molecule has 0 amide bonds. The molecule has 0 aromatic heterocycles. The number of halogens is 4. The van der Waals surface area contributed by atoms with Gasteiger partial charge in [-0.05, 0) is 0 Å². The summed E-state index contributed by atoms with van der Waals surface area (Å²) in [5.41, 5.74) is 0. The summed E-state index contributed by atoms with van der Waals surface area (Å²) in [6.45, 7) is -0.486. The van der Waals surface area contributed by atoms with Crippen molar-refractivity contribution in [2.24, 2.45) is 0 Å². The fraction of sp³-hybridized carbons (Fsp3) is 1.00. The first-order valence-electron chi connectivity index (χ1n) is 6.87. The lowest BCUT2D eigenvalue weighted by molar-refractivity contribution is -0.357. The lowest BCUT2D eigenvalue weighted by Gasteiger charge is -2.43. The van der Waals surface area contributed by atoms with Gasteiger partial charge in [-0.25, -0.2) is 0 Å². The first-order chi connectivity index (χ1) is 10.8. The minimum absolute atomic E-state index is 0.0781. The monoisotopic (exact) mass is 458 g/mol. The van der Waals surface area contributed by atoms with Gasteiger partial charge in [0.15, 0.2) is 6.29 Å². The van der Waals surface area contributed by atoms with E-state index in [4.69, 9.17) is 49.0 Å². The Morgan fingerprint density at radius 1 is 1.13 bits per heavy atom. The lowest BCUT2D eigenvalue weighted by Crippen LogP contribution is -2.61. The molecule has 2 saturated heterocycles. The molecule has 0 saturated carbocycles. The molecule has 2 heterocycles. The van der Waals surface area contributed by atoms with Crippen molar-refractivity contribution in [1.29, 1.82) is 0 Å². The summed E-state index contributed by atoms with van der Waals surface area (Å²) >= 11 is 20.8. The highest BCUT2D eigenvalue weighted by molar-refractivity contribution is 9.09. The summed E-state index contributed by atoms with van der Waals surface area (Å²) in [5, 5.41) is 38.6. The third-order valence-corrected chi connectivity index (χ3v) is 6.22. The molecule has 2 aliphatic rings. The zero-order chi connectivity index (χ0) is 17.4. The van der Waals surface area contributed by atoms with E-state index in [9.17, 15) is 20.4 Å². The van der Waals surface area contributed by atoms with Gasteiger partial charge in [-0.15, -0.1) is 34.8 Å². The van der Waals surface area contributed by atoms with Crippen LogP contribution in [0.1, 0.15) is 0 Å². The molecule has 0 unspecified atom stereocenters. The summed E-state index contributed by atoms with van der Waals surface area (Å²) < 4.78 is 16.5. The molecule has 4 N–H and O–H groups in total. The SMILES string of the molecule is OC[C@H]1O[C@H](O[C@@]2(CCl)O[C@H](CCl)[C@@H](Br)[C@@H]2O)[C@H](O)[C@@H](O)[C@H]1Cl. The second-order valence-electron chi connectivity index (χ2n) is 5.41. The quantitative estimate of drug-likeness (QED) is 0.419. The van der Waals surface area contributed by atoms with Crippen LogP contribution in [0.25, 0.3) is 0 Å². The predicted octanol–water partition coefficient (Wildman–Crippen LogP) is -0.254. The Hall–Kier alpha value is 1.07. The molecule has 0 aromatic rings. The van der Waals surface area contributed by atoms with Crippen LogP contribution in [-0.2, 0) is 14.2 Å². The van der Waals surface area contributed by atoms with E-state index in [0.29, 0.717) is 0 Å². The van der Waals surface area contributed by atoms with Crippen LogP contribution in [-0.4, -0.2) is 91.6 Å². The van der Waals surface area contributed by atoms with Gasteiger partial charge >= 0.3 is 0 Å². The predicted molar refractivity (Wildman–Crippen MR) is 86.3 cm³/mol. The fourth-order valence-corrected chi connectivity index (χ4v) is 4.27. The highest BCUT2D eigenvalue weighted by atomic mass is 79.9. The number of aliphatic hydroxyl groups excluding tert-OH is 4. The van der Waals surface area contributed by atoms with Crippen LogP contribution in [0, 0.1) is 0 Å². The van der Waals surface area contributed by atoms with Crippen molar-refractivity contribution < 1.29 is 34.6 Å². The maximum atomic E-state index is 10.4. The van der Waals surface area contributed by atoms with Crippen LogP contribution in [0.4, 0.5) is 0 Å². The summed E-state index contributed by atoms with van der Waals surface area (Å²) in [7, 11) is 0. The summed E-state index contributed by atoms with van der Waals surface area (Å²) in [5.74, 6) is -1.89. The fourth-order valence-electron chi connectivity index (χ4n) is 2.53. The van der Waals surface area contributed by atoms with Crippen molar-refractivity contribution in [2.75, 3.05) is 18.4 Å². The van der Waals surface area contributed by atoms with E-state index in [-0.39, 0.29) is 11.8 Å². The van der Waals surface area contributed by atoms with Crippen LogP contribution in [0.3, 0.4) is 0 Å². The van der Waals surface area contributed by atoms with E-state index in [1.54, 1.807) is 0 Å². The zero-order valence-electron chi connectivity index (χ0n) is 11.8. The van der Waals surface area contributed by atoms with Crippen molar-refractivity contribution in [3.8, 4) is 0 Å². The second-order valence-corrected chi connectivity index (χ2v) is 7.55. The molecule has 0 aromatic carbocycles. The summed E-state index contributed by atoms with van der Waals surface area (Å²) in [4.78, 5) is -0.543. The Labute approximate surface area is 156 Å². The van der Waals surface area contributed by atoms with Gasteiger partial charge in [-0.1, -0.05) is 15.9 Å². The number of aliphatic hydroxyl groups is 4. The van der Waals surface area contributed by atoms with E-state index >= 15 is 0 Å². The highest BCUT2D eigenvalue weighted by Gasteiger charge is 2.57. The highest BCUT2D eigenvalue weighted by Crippen LogP contribution is 2.40. The molecule has 136 valence electrons. The Morgan fingerprint density at radius 2 is 1.78 bits per heavy atom. The van der Waals surface area contributed by atoms with Gasteiger partial charge in [0.05, 0.1) is 28.8 Å². The molecule has 2 aliphatic heterocycles. The number of hydrogen-bond acceptors (Lipinski definition) is 7. The minimum atomic E-state index is -1.69. The molecule has 9 atom stereocenters. The van der Waals surface area contributed by atoms with Crippen molar-refractivity contribution in [2.45, 2.75) is 52.8 Å². The average molecular weight is 461 g/mol. The molecular weight excluding hydrogens is 442 g/mol. The number of rotatable bonds is 5. The number of ether oxygens (including phenoxy) is 3. The van der Waals surface area contributed by atoms with E-state index in [1.165, 1.54) is 0 Å². The molecular formula is C12H18BrCl3O7. The molecule has 0 spiro atoms. The number of hydrogen-bond donors (Lipinski definition) is 4. The number of alkyl halides is 4. The smallest absolute Gasteiger partial charge is 0.212 e. The van der Waals surface area contributed by atoms with Crippen molar-refractivity contribution in [3.63, 3.8) is 0 Å². The third kappa shape index (κ3) is 3.78. The van der Waals surface area contributed by atoms with Gasteiger partial charge in [0.2, 0.25) is 5.79 Å². The lowest BCUT2D eigenvalue weighted by atomic mass is 10.0. The summed E-state index contributed by atoms with van der Waals surface area (Å²) in [6, 6.07) is 0. The Bertz CT molecular complexity index is 407. The van der Waals surface area contributed by atoms with Gasteiger partial charge in [0.25, 0.3) is 0 Å². The van der Waals surface area contributed by atoms with Gasteiger partial charge in [0.1, 0.15) is 24.4 Å². The Morgan fingerprint density at radius 3 is 2.26 bits per heavy atom. The topological polar surface area (TPSA) is 109 Å². The van der Waals surface area contributed by atoms with Gasteiger partial charge in [-0.2, -0.15) is 0 Å². The van der Waals surface area contributed by atoms with Gasteiger partial charge in [0, 0.05) is 5.88 Å². The van der Waals surface area contributed by atoms with Crippen LogP contribution in [0.15, 0.2) is 0 Å². The van der Waals surface area contributed by atoms with Crippen molar-refractivity contribution in [3.05, 3.63) is 0 Å². The first kappa shape index (κ1) is 20.4. The largest absolute Gasteiger partial charge is 0.394 e. The van der Waals surface area contributed by atoms with Gasteiger partial charge in [-0.3, -0.25) is 0 Å². The Kier molecular flexibility index (Phi) is 7.25. The maximum absolute atomic E-state index is 10.4. The van der Waals surface area contributed by atoms with Gasteiger partial charge < -0.3 is 34.6 Å². The van der Waals surface area contributed by atoms with E-state index in [0.717, 1.165) is 0 Å². The minimum Gasteiger partial charge on any atom is -0.394 e. The van der Waals surface area contributed by atoms with Crippen molar-refractivity contribution >= 4 is 50.7 Å². The van der Waals surface area contributed by atoms with Crippen LogP contribution in [0.5, 0.6) is 0 Å². The molecule has 0 bridgehead atoms. The Balaban J connectivity index is 2.18. The van der Waals surface area contributed by atoms with E-state index in [2.05, 4.69) is 15.9 Å². The molecule has 11 heteroatoms. The zero-order valence-corrected chi connectivity index (χ0v) is 15.6. The summed E-state index contributed by atoms with van der Waals surface area (Å²) in [6.07, 6.45) is -7.06.